The van der Waals surface area contributed by atoms with Gasteiger partial charge in [-0.25, -0.2) is 0 Å². The molecule has 824 valence electrons. The quantitative estimate of drug-likeness (QED) is 0.0251. The lowest BCUT2D eigenvalue weighted by molar-refractivity contribution is -0.303. The van der Waals surface area contributed by atoms with Crippen molar-refractivity contribution in [3.8, 4) is 0 Å². The zero-order valence-corrected chi connectivity index (χ0v) is 80.2. The Morgan fingerprint density at radius 3 is 0.704 bits per heavy atom. The van der Waals surface area contributed by atoms with Crippen LogP contribution in [0.25, 0.3) is 0 Å². The van der Waals surface area contributed by atoms with E-state index in [0.29, 0.717) is 103 Å². The van der Waals surface area contributed by atoms with E-state index in [9.17, 15) is 171 Å². The van der Waals surface area contributed by atoms with E-state index < -0.39 is 296 Å². The van der Waals surface area contributed by atoms with Crippen LogP contribution in [0, 0.1) is 0 Å². The van der Waals surface area contributed by atoms with Crippen LogP contribution in [0.1, 0.15) is 168 Å². The Kier molecular flexibility index (Phi) is 60.7. The highest BCUT2D eigenvalue weighted by Gasteiger charge is 2.50. The van der Waals surface area contributed by atoms with Crippen LogP contribution in [0.4, 0.5) is 0 Å². The molecule has 0 spiro atoms. The van der Waals surface area contributed by atoms with E-state index in [4.69, 9.17) is 56.8 Å². The van der Waals surface area contributed by atoms with Gasteiger partial charge in [-0.15, -0.1) is 0 Å². The van der Waals surface area contributed by atoms with Crippen molar-refractivity contribution in [1.29, 1.82) is 0 Å². The Labute approximate surface area is 820 Å². The molecule has 6 aliphatic rings. The van der Waals surface area contributed by atoms with E-state index in [2.05, 4.69) is 31.9 Å². The number of carbonyl (C=O) groups is 10. The van der Waals surface area contributed by atoms with Gasteiger partial charge in [-0.1, -0.05) is 52.4 Å². The topological polar surface area (TPSA) is 846 Å². The Morgan fingerprint density at radius 2 is 0.472 bits per heavy atom. The van der Waals surface area contributed by atoms with Gasteiger partial charge in [0.25, 0.3) is 0 Å². The van der Waals surface area contributed by atoms with Gasteiger partial charge in [-0.05, 0) is 51.4 Å². The maximum Gasteiger partial charge on any atom is 0.243 e. The van der Waals surface area contributed by atoms with Crippen LogP contribution < -0.4 is 31.9 Å². The number of carbonyl (C=O) groups excluding carboxylic acids is 10. The zero-order valence-electron chi connectivity index (χ0n) is 80.2. The lowest BCUT2D eigenvalue weighted by Gasteiger charge is -2.40. The summed E-state index contributed by atoms with van der Waals surface area (Å²) < 4.78 is 65.1. The van der Waals surface area contributed by atoms with Crippen LogP contribution in [-0.4, -0.2) is 519 Å². The molecule has 6 fully saturated rings. The first-order valence-corrected chi connectivity index (χ1v) is 48.6. The summed E-state index contributed by atoms with van der Waals surface area (Å²) in [5.41, 5.74) is 0. The second-order valence-electron chi connectivity index (χ2n) is 35.3. The van der Waals surface area contributed by atoms with E-state index in [-0.39, 0.29) is 129 Å². The fraction of sp³-hybridized carbons (Fsp3) is 0.886. The molecule has 8 amide bonds. The van der Waals surface area contributed by atoms with Crippen LogP contribution in [0.3, 0.4) is 0 Å². The lowest BCUT2D eigenvalue weighted by Crippen LogP contribution is -2.59. The van der Waals surface area contributed by atoms with Crippen molar-refractivity contribution < 1.29 is 227 Å². The van der Waals surface area contributed by atoms with Crippen molar-refractivity contribution in [3.05, 3.63) is 0 Å². The van der Waals surface area contributed by atoms with Crippen molar-refractivity contribution in [2.75, 3.05) is 132 Å². The predicted octanol–water partition coefficient (Wildman–Crippen LogP) is -13.5. The van der Waals surface area contributed by atoms with Gasteiger partial charge in [0.05, 0.1) is 92.1 Å². The molecule has 32 atom stereocenters. The number of hydrogen-bond donors (Lipinski definition) is 30. The third kappa shape index (κ3) is 42.4. The molecule has 30 N–H and O–H groups in total. The Bertz CT molecular complexity index is 3310. The molecule has 0 saturated carbocycles. The number of Topliss-reactive ketones (excluding diaryl/α,β-unsaturated/α-hetero) is 2. The zero-order chi connectivity index (χ0) is 105. The molecule has 6 heterocycles. The molecule has 6 saturated heterocycles. The number of ketones is 2. The van der Waals surface area contributed by atoms with Gasteiger partial charge in [0.15, 0.2) is 37.7 Å². The van der Waals surface area contributed by atoms with Crippen LogP contribution in [-0.2, 0) is 105 Å². The Hall–Kier alpha value is -6.34. The van der Waals surface area contributed by atoms with Gasteiger partial charge in [0, 0.05) is 104 Å². The maximum atomic E-state index is 13.5. The summed E-state index contributed by atoms with van der Waals surface area (Å²) in [5.74, 6) is -4.09. The molecule has 0 aromatic heterocycles. The van der Waals surface area contributed by atoms with Gasteiger partial charge >= 0.3 is 0 Å². The molecule has 0 radical (unpaired) electrons. The molecule has 6 aliphatic heterocycles. The Morgan fingerprint density at radius 1 is 0.254 bits per heavy atom. The molecule has 54 nitrogen and oxygen atoms in total. The first-order chi connectivity index (χ1) is 67.8. The smallest absolute Gasteiger partial charge is 0.243 e. The summed E-state index contributed by atoms with van der Waals surface area (Å²) in [4.78, 5) is 131. The summed E-state index contributed by atoms with van der Waals surface area (Å²) >= 11 is 0. The van der Waals surface area contributed by atoms with Gasteiger partial charge in [-0.3, -0.25) is 47.9 Å². The number of unbranched alkanes of at least 4 members (excludes halogenated alkanes) is 10. The lowest BCUT2D eigenvalue weighted by atomic mass is 9.99. The normalized spacial score (nSPS) is 31.4. The molecule has 0 unspecified atom stereocenters. The molecule has 0 aromatic carbocycles. The highest BCUT2D eigenvalue weighted by Crippen LogP contribution is 2.29. The molecular formula is C88H156N8O46. The van der Waals surface area contributed by atoms with E-state index in [0.717, 1.165) is 12.8 Å². The van der Waals surface area contributed by atoms with Crippen molar-refractivity contribution in [2.24, 2.45) is 0 Å². The van der Waals surface area contributed by atoms with Gasteiger partial charge in [-0.2, -0.15) is 0 Å². The molecule has 0 bridgehead atoms. The molecule has 0 aliphatic carbocycles. The van der Waals surface area contributed by atoms with Crippen LogP contribution in [0.5, 0.6) is 0 Å². The van der Waals surface area contributed by atoms with Crippen molar-refractivity contribution in [2.45, 2.75) is 364 Å². The first-order valence-electron chi connectivity index (χ1n) is 48.6. The predicted molar refractivity (Wildman–Crippen MR) is 480 cm³/mol. The van der Waals surface area contributed by atoms with Crippen LogP contribution >= 0.6 is 0 Å². The third-order valence-corrected chi connectivity index (χ3v) is 24.6. The van der Waals surface area contributed by atoms with Crippen LogP contribution in [0.2, 0.25) is 0 Å². The summed E-state index contributed by atoms with van der Waals surface area (Å²) in [7, 11) is 0. The number of hydrogen-bond acceptors (Lipinski definition) is 46. The number of nitrogens with zero attached hydrogens (tertiary/aromatic N) is 2. The number of ether oxygens (including phenoxy) is 12. The number of nitrogens with one attached hydrogen (secondary N) is 6. The average Bonchev–Trinajstić information content (AvgIpc) is 0.843. The highest BCUT2D eigenvalue weighted by atomic mass is 16.7. The summed E-state index contributed by atoms with van der Waals surface area (Å²) in [6, 6.07) is -2.62. The largest absolute Gasteiger partial charge is 0.394 e. The fourth-order valence-electron chi connectivity index (χ4n) is 15.7. The summed E-state index contributed by atoms with van der Waals surface area (Å²) in [5, 5.41) is 255. The molecule has 54 heteroatoms. The number of aliphatic hydroxyl groups excluding tert-OH is 24. The van der Waals surface area contributed by atoms with Gasteiger partial charge in [0.2, 0.25) is 47.3 Å². The molecule has 0 aromatic rings. The van der Waals surface area contributed by atoms with Gasteiger partial charge in [0.1, 0.15) is 170 Å². The maximum absolute atomic E-state index is 13.5. The molecule has 142 heavy (non-hydrogen) atoms. The minimum Gasteiger partial charge on any atom is -0.394 e. The Balaban J connectivity index is 0.000000500. The minimum absolute atomic E-state index is 0.0146. The second-order valence-corrected chi connectivity index (χ2v) is 35.3. The van der Waals surface area contributed by atoms with E-state index in [1.165, 1.54) is 9.80 Å². The average molecular weight is 2060 g/mol. The molecule has 6 rings (SSSR count). The third-order valence-electron chi connectivity index (χ3n) is 24.6. The van der Waals surface area contributed by atoms with Crippen molar-refractivity contribution >= 4 is 58.8 Å². The monoisotopic (exact) mass is 2060 g/mol. The number of rotatable bonds is 66. The minimum atomic E-state index is -1.70. The highest BCUT2D eigenvalue weighted by molar-refractivity contribution is 5.93. The number of amides is 8. The summed E-state index contributed by atoms with van der Waals surface area (Å²) in [6.45, 7) is -2.72. The number of aliphatic hydroxyl groups is 24. The van der Waals surface area contributed by atoms with E-state index in [1.807, 2.05) is 0 Å². The SMILES string of the molecule is CCC(=O)CCCCCCC(=O)N[C@@H](CC(=O)NCCCCCC(=O)N(CCO[C@H]1O[C@H](CO)[C@@H](O)[C@H](O)[C@@H]1O)CCO[C@H]1O[C@H](CO)[C@@H](O)[C@H](O)[C@@H]1O)C(=O)NCCO[C@H]1O[C@H](CO)[C@@H](O)[C@H](O)[C@@H]1O.CCC(=O)CCCCCCC(=O)N[C@@H](CC(=O)NCCCCCC(=O)N(CCO[C@H]1O[C@H](CO)[C@@H](O)[C@H](O)[C@@H]1O)CCO[C@H]1O[C@H](CO)[C@@H](O)[C@H](O)[C@@H]1O)C(=O)NCCO[C@H]1O[C@H](CO)[C@@H](O)[C@H](O)[C@@H]1O. The summed E-state index contributed by atoms with van der Waals surface area (Å²) in [6.07, 6.45) is -37.5. The van der Waals surface area contributed by atoms with E-state index in [1.54, 1.807) is 13.8 Å². The first kappa shape index (κ1) is 126. The van der Waals surface area contributed by atoms with Crippen molar-refractivity contribution in [3.63, 3.8) is 0 Å². The second kappa shape index (κ2) is 68.3. The molecular weight excluding hydrogens is 1900 g/mol. The fourth-order valence-corrected chi connectivity index (χ4v) is 15.7. The van der Waals surface area contributed by atoms with E-state index >= 15 is 0 Å². The van der Waals surface area contributed by atoms with Gasteiger partial charge < -0.3 is 221 Å². The van der Waals surface area contributed by atoms with Crippen LogP contribution in [0.15, 0.2) is 0 Å². The standard InChI is InChI=1S/2C44H78N4O23/c2*1-2-24(52)10-6-3-4-7-11-29(53)47-25(41(65)46-14-17-66-42-38(62)35(59)32(56)26(21-49)69-42)20-30(54)45-13-9-5-8-12-31(55)48(15-18-67-43-39(63)36(60)33(57)27(22-50)70-43)16-19-68-44-40(64)37(61)34(58)28(23-51)71-44/h2*25-28,32-40,42-44,49-51,56-64H,2-23H2,1H3,(H,45,54)(H,46,65)(H,47,53)/t2*25-,26+,27+,28+,32+,33+,34+,35-,36-,37-,38-,39-,40-,42-,43-,44-/m00/s1. The van der Waals surface area contributed by atoms with Crippen molar-refractivity contribution in [1.82, 2.24) is 41.7 Å².